The molecule has 0 atom stereocenters. The van der Waals surface area contributed by atoms with Crippen molar-refractivity contribution in [3.05, 3.63) is 65.2 Å². The van der Waals surface area contributed by atoms with Crippen molar-refractivity contribution in [1.82, 2.24) is 0 Å². The minimum Gasteiger partial charge on any atom is -0.326 e. The van der Waals surface area contributed by atoms with E-state index in [1.807, 2.05) is 50.2 Å². The second kappa shape index (κ2) is 6.84. The molecule has 0 aliphatic carbocycles. The molecule has 0 spiro atoms. The highest BCUT2D eigenvalue weighted by Gasteiger charge is 2.09. The van der Waals surface area contributed by atoms with Gasteiger partial charge in [0.1, 0.15) is 0 Å². The van der Waals surface area contributed by atoms with Gasteiger partial charge in [-0.05, 0) is 31.5 Å². The fourth-order valence-electron chi connectivity index (χ4n) is 2.06. The molecule has 108 valence electrons. The molecule has 1 amide bonds. The van der Waals surface area contributed by atoms with Crippen molar-refractivity contribution in [2.45, 2.75) is 26.7 Å². The predicted octanol–water partition coefficient (Wildman–Crippen LogP) is 3.91. The molecule has 0 unspecified atom stereocenters. The third kappa shape index (κ3) is 4.56. The lowest BCUT2D eigenvalue weighted by Crippen LogP contribution is -2.13. The molecule has 3 nitrogen and oxygen atoms in total. The first-order valence-electron chi connectivity index (χ1n) is 7.01. The quantitative estimate of drug-likeness (QED) is 0.845. The van der Waals surface area contributed by atoms with Crippen LogP contribution in [0, 0.1) is 13.8 Å². The van der Waals surface area contributed by atoms with Gasteiger partial charge in [0, 0.05) is 24.1 Å². The lowest BCUT2D eigenvalue weighted by Gasteiger charge is -2.06. The maximum Gasteiger partial charge on any atom is 0.224 e. The van der Waals surface area contributed by atoms with Crippen LogP contribution in [-0.4, -0.2) is 11.7 Å². The molecule has 2 aromatic carbocycles. The molecule has 3 heteroatoms. The maximum absolute atomic E-state index is 12.0. The van der Waals surface area contributed by atoms with Crippen molar-refractivity contribution in [2.75, 3.05) is 5.32 Å². The van der Waals surface area contributed by atoms with Gasteiger partial charge in [0.2, 0.25) is 5.91 Å². The van der Waals surface area contributed by atoms with Crippen molar-refractivity contribution in [2.24, 2.45) is 0 Å². The van der Waals surface area contributed by atoms with Crippen molar-refractivity contribution in [3.63, 3.8) is 0 Å². The largest absolute Gasteiger partial charge is 0.326 e. The number of nitrogens with one attached hydrogen (secondary N) is 1. The molecule has 2 aromatic rings. The topological polar surface area (TPSA) is 46.2 Å². The van der Waals surface area contributed by atoms with Gasteiger partial charge in [0.15, 0.2) is 5.78 Å². The Hall–Kier alpha value is -2.42. The maximum atomic E-state index is 12.0. The molecule has 0 aliphatic rings. The Kier molecular flexibility index (Phi) is 4.88. The summed E-state index contributed by atoms with van der Waals surface area (Å²) in [5.41, 5.74) is 3.62. The van der Waals surface area contributed by atoms with Gasteiger partial charge in [-0.1, -0.05) is 42.0 Å². The fraction of sp³-hybridized carbons (Fsp3) is 0.222. The normalized spacial score (nSPS) is 10.2. The van der Waals surface area contributed by atoms with Crippen LogP contribution in [0.5, 0.6) is 0 Å². The molecule has 0 saturated heterocycles. The van der Waals surface area contributed by atoms with Crippen LogP contribution in [0.25, 0.3) is 0 Å². The van der Waals surface area contributed by atoms with Gasteiger partial charge in [-0.2, -0.15) is 0 Å². The summed E-state index contributed by atoms with van der Waals surface area (Å²) in [6.07, 6.45) is 0.418. The third-order valence-corrected chi connectivity index (χ3v) is 3.25. The zero-order valence-corrected chi connectivity index (χ0v) is 12.3. The molecule has 0 bridgehead atoms. The Bertz CT molecular complexity index is 645. The number of rotatable bonds is 5. The van der Waals surface area contributed by atoms with Gasteiger partial charge in [-0.3, -0.25) is 9.59 Å². The average molecular weight is 281 g/mol. The molecular formula is C18H19NO2. The van der Waals surface area contributed by atoms with Crippen molar-refractivity contribution in [1.29, 1.82) is 0 Å². The van der Waals surface area contributed by atoms with E-state index in [9.17, 15) is 9.59 Å². The highest BCUT2D eigenvalue weighted by molar-refractivity contribution is 6.00. The Labute approximate surface area is 125 Å². The molecule has 0 aromatic heterocycles. The molecule has 0 saturated carbocycles. The number of hydrogen-bond donors (Lipinski definition) is 1. The number of hydrogen-bond acceptors (Lipinski definition) is 2. The minimum absolute atomic E-state index is 0.00519. The van der Waals surface area contributed by atoms with E-state index in [0.29, 0.717) is 5.56 Å². The fourth-order valence-corrected chi connectivity index (χ4v) is 2.06. The summed E-state index contributed by atoms with van der Waals surface area (Å²) in [5, 5.41) is 2.81. The smallest absolute Gasteiger partial charge is 0.224 e. The second-order valence-electron chi connectivity index (χ2n) is 5.21. The van der Waals surface area contributed by atoms with Crippen LogP contribution in [0.2, 0.25) is 0 Å². The van der Waals surface area contributed by atoms with Crippen LogP contribution in [0.1, 0.15) is 34.3 Å². The number of carbonyl (C=O) groups is 2. The van der Waals surface area contributed by atoms with E-state index >= 15 is 0 Å². The predicted molar refractivity (Wildman–Crippen MR) is 84.6 cm³/mol. The number of Topliss-reactive ketones (excluding diaryl/α,β-unsaturated/α-hetero) is 1. The highest BCUT2D eigenvalue weighted by Crippen LogP contribution is 2.11. The zero-order chi connectivity index (χ0) is 15.2. The summed E-state index contributed by atoms with van der Waals surface area (Å²) in [4.78, 5) is 23.8. The number of benzene rings is 2. The van der Waals surface area contributed by atoms with Gasteiger partial charge in [-0.15, -0.1) is 0 Å². The zero-order valence-electron chi connectivity index (χ0n) is 12.3. The lowest BCUT2D eigenvalue weighted by atomic mass is 10.0. The summed E-state index contributed by atoms with van der Waals surface area (Å²) in [6.45, 7) is 3.94. The van der Waals surface area contributed by atoms with Gasteiger partial charge in [0.25, 0.3) is 0 Å². The minimum atomic E-state index is -0.138. The monoisotopic (exact) mass is 281 g/mol. The summed E-state index contributed by atoms with van der Waals surface area (Å²) in [6, 6.07) is 15.0. The molecule has 1 N–H and O–H groups in total. The first-order chi connectivity index (χ1) is 10.0. The molecule has 0 fully saturated rings. The van der Waals surface area contributed by atoms with Crippen LogP contribution < -0.4 is 5.32 Å². The van der Waals surface area contributed by atoms with Crippen molar-refractivity contribution >= 4 is 17.4 Å². The van der Waals surface area contributed by atoms with Crippen molar-refractivity contribution < 1.29 is 9.59 Å². The summed E-state index contributed by atoms with van der Waals surface area (Å²) in [5.74, 6) is -0.143. The van der Waals surface area contributed by atoms with Crippen LogP contribution in [0.4, 0.5) is 5.69 Å². The molecule has 0 aliphatic heterocycles. The number of aryl methyl sites for hydroxylation is 2. The van der Waals surface area contributed by atoms with E-state index in [0.717, 1.165) is 16.8 Å². The second-order valence-corrected chi connectivity index (χ2v) is 5.21. The number of anilines is 1. The number of carbonyl (C=O) groups excluding carboxylic acids is 2. The third-order valence-electron chi connectivity index (χ3n) is 3.25. The highest BCUT2D eigenvalue weighted by atomic mass is 16.2. The Morgan fingerprint density at radius 3 is 2.29 bits per heavy atom. The van der Waals surface area contributed by atoms with E-state index in [4.69, 9.17) is 0 Å². The summed E-state index contributed by atoms with van der Waals surface area (Å²) < 4.78 is 0. The Morgan fingerprint density at radius 2 is 1.62 bits per heavy atom. The summed E-state index contributed by atoms with van der Waals surface area (Å²) >= 11 is 0. The molecule has 2 rings (SSSR count). The number of ketones is 1. The standard InChI is InChI=1S/C18H19NO2/c1-13-6-8-15(9-7-13)17(20)10-11-18(21)19-16-5-3-4-14(2)12-16/h3-9,12H,10-11H2,1-2H3,(H,19,21). The van der Waals surface area contributed by atoms with Gasteiger partial charge < -0.3 is 5.32 Å². The molecule has 0 heterocycles. The summed E-state index contributed by atoms with van der Waals surface area (Å²) in [7, 11) is 0. The van der Waals surface area contributed by atoms with Crippen molar-refractivity contribution in [3.8, 4) is 0 Å². The van der Waals surface area contributed by atoms with Crippen LogP contribution >= 0.6 is 0 Å². The van der Waals surface area contributed by atoms with E-state index in [1.165, 1.54) is 0 Å². The van der Waals surface area contributed by atoms with Crippen LogP contribution in [0.15, 0.2) is 48.5 Å². The van der Waals surface area contributed by atoms with E-state index in [-0.39, 0.29) is 24.5 Å². The lowest BCUT2D eigenvalue weighted by molar-refractivity contribution is -0.116. The van der Waals surface area contributed by atoms with Crippen LogP contribution in [-0.2, 0) is 4.79 Å². The van der Waals surface area contributed by atoms with Crippen LogP contribution in [0.3, 0.4) is 0 Å². The molecule has 0 radical (unpaired) electrons. The van der Waals surface area contributed by atoms with E-state index in [1.54, 1.807) is 12.1 Å². The average Bonchev–Trinajstić information content (AvgIpc) is 2.45. The molecule has 21 heavy (non-hydrogen) atoms. The first-order valence-corrected chi connectivity index (χ1v) is 7.01. The first kappa shape index (κ1) is 15.0. The Balaban J connectivity index is 1.86. The van der Waals surface area contributed by atoms with Gasteiger partial charge >= 0.3 is 0 Å². The van der Waals surface area contributed by atoms with Gasteiger partial charge in [0.05, 0.1) is 0 Å². The number of amides is 1. The van der Waals surface area contributed by atoms with Gasteiger partial charge in [-0.25, -0.2) is 0 Å². The van der Waals surface area contributed by atoms with E-state index in [2.05, 4.69) is 5.32 Å². The SMILES string of the molecule is Cc1ccc(C(=O)CCC(=O)Nc2cccc(C)c2)cc1. The van der Waals surface area contributed by atoms with E-state index < -0.39 is 0 Å². The Morgan fingerprint density at radius 1 is 0.905 bits per heavy atom. The molecular weight excluding hydrogens is 262 g/mol.